The third kappa shape index (κ3) is 2.37. The molecule has 0 aromatic carbocycles. The smallest absolute Gasteiger partial charge is 0.0512 e. The predicted molar refractivity (Wildman–Crippen MR) is 53.9 cm³/mol. The summed E-state index contributed by atoms with van der Waals surface area (Å²) < 4.78 is 0. The first-order valence-electron chi connectivity index (χ1n) is 4.28. The molecule has 1 unspecified atom stereocenters. The lowest BCUT2D eigenvalue weighted by Crippen LogP contribution is -2.28. The van der Waals surface area contributed by atoms with Crippen LogP contribution in [0.2, 0.25) is 0 Å². The van der Waals surface area contributed by atoms with Gasteiger partial charge >= 0.3 is 0 Å². The zero-order valence-corrected chi connectivity index (χ0v) is 7.83. The summed E-state index contributed by atoms with van der Waals surface area (Å²) in [4.78, 5) is 4.20. The summed E-state index contributed by atoms with van der Waals surface area (Å²) in [5.74, 6) is 5.43. The summed E-state index contributed by atoms with van der Waals surface area (Å²) in [7, 11) is 0. The fourth-order valence-electron chi connectivity index (χ4n) is 1.32. The highest BCUT2D eigenvalue weighted by molar-refractivity contribution is 5.22. The highest BCUT2D eigenvalue weighted by Crippen LogP contribution is 2.17. The third-order valence-electron chi connectivity index (χ3n) is 2.03. The lowest BCUT2D eigenvalue weighted by atomic mass is 10.0. The van der Waals surface area contributed by atoms with Gasteiger partial charge in [0.1, 0.15) is 0 Å². The van der Waals surface area contributed by atoms with Gasteiger partial charge in [-0.2, -0.15) is 0 Å². The van der Waals surface area contributed by atoms with E-state index in [2.05, 4.69) is 17.0 Å². The molecule has 3 N–H and O–H groups in total. The van der Waals surface area contributed by atoms with Crippen LogP contribution in [0.3, 0.4) is 0 Å². The fourth-order valence-corrected chi connectivity index (χ4v) is 1.32. The van der Waals surface area contributed by atoms with Crippen LogP contribution in [0, 0.1) is 6.92 Å². The van der Waals surface area contributed by atoms with Crippen molar-refractivity contribution >= 4 is 0 Å². The zero-order chi connectivity index (χ0) is 9.68. The topological polar surface area (TPSA) is 50.9 Å². The molecule has 0 spiro atoms. The highest BCUT2D eigenvalue weighted by Gasteiger charge is 2.09. The van der Waals surface area contributed by atoms with Crippen LogP contribution in [0.5, 0.6) is 0 Å². The first-order chi connectivity index (χ1) is 6.29. The quantitative estimate of drug-likeness (QED) is 0.416. The van der Waals surface area contributed by atoms with E-state index >= 15 is 0 Å². The molecule has 0 saturated heterocycles. The molecule has 3 heteroatoms. The standard InChI is InChI=1S/C10H15N3/c1-3-5-10(13-11)9-6-4-7-12-8(9)2/h3-4,6-7,10,13H,1,5,11H2,2H3. The maximum Gasteiger partial charge on any atom is 0.0512 e. The number of aromatic nitrogens is 1. The van der Waals surface area contributed by atoms with Gasteiger partial charge in [-0.15, -0.1) is 6.58 Å². The van der Waals surface area contributed by atoms with Crippen molar-refractivity contribution in [2.75, 3.05) is 0 Å². The van der Waals surface area contributed by atoms with Gasteiger partial charge in [0, 0.05) is 11.9 Å². The largest absolute Gasteiger partial charge is 0.271 e. The van der Waals surface area contributed by atoms with Gasteiger partial charge in [0.25, 0.3) is 0 Å². The molecule has 1 rings (SSSR count). The summed E-state index contributed by atoms with van der Waals surface area (Å²) in [5, 5.41) is 0. The van der Waals surface area contributed by atoms with Crippen LogP contribution in [0.15, 0.2) is 31.0 Å². The fraction of sp³-hybridized carbons (Fsp3) is 0.300. The molecule has 0 bridgehead atoms. The highest BCUT2D eigenvalue weighted by atomic mass is 15.2. The predicted octanol–water partition coefficient (Wildman–Crippen LogP) is 1.47. The van der Waals surface area contributed by atoms with E-state index in [0.717, 1.165) is 17.7 Å². The van der Waals surface area contributed by atoms with Gasteiger partial charge < -0.3 is 0 Å². The van der Waals surface area contributed by atoms with Crippen LogP contribution >= 0.6 is 0 Å². The van der Waals surface area contributed by atoms with E-state index in [4.69, 9.17) is 5.84 Å². The van der Waals surface area contributed by atoms with Crippen LogP contribution < -0.4 is 11.3 Å². The number of hydrogen-bond acceptors (Lipinski definition) is 3. The average molecular weight is 177 g/mol. The molecule has 1 aromatic rings. The maximum absolute atomic E-state index is 5.43. The van der Waals surface area contributed by atoms with Gasteiger partial charge in [0.2, 0.25) is 0 Å². The van der Waals surface area contributed by atoms with E-state index in [1.165, 1.54) is 0 Å². The Morgan fingerprint density at radius 3 is 3.08 bits per heavy atom. The normalized spacial score (nSPS) is 12.5. The molecule has 0 amide bonds. The van der Waals surface area contributed by atoms with Crippen LogP contribution in [0.4, 0.5) is 0 Å². The molecule has 1 aromatic heterocycles. The molecule has 0 radical (unpaired) electrons. The molecule has 70 valence electrons. The molecule has 0 aliphatic heterocycles. The van der Waals surface area contributed by atoms with E-state index in [9.17, 15) is 0 Å². The summed E-state index contributed by atoms with van der Waals surface area (Å²) in [6.45, 7) is 5.66. The van der Waals surface area contributed by atoms with Crippen LogP contribution in [-0.4, -0.2) is 4.98 Å². The Balaban J connectivity index is 2.90. The van der Waals surface area contributed by atoms with Crippen molar-refractivity contribution in [3.8, 4) is 0 Å². The van der Waals surface area contributed by atoms with Crippen LogP contribution in [-0.2, 0) is 0 Å². The van der Waals surface area contributed by atoms with Gasteiger partial charge in [0.05, 0.1) is 6.04 Å². The number of rotatable bonds is 4. The molecule has 0 fully saturated rings. The summed E-state index contributed by atoms with van der Waals surface area (Å²) >= 11 is 0. The number of nitrogens with two attached hydrogens (primary N) is 1. The van der Waals surface area contributed by atoms with Gasteiger partial charge in [-0.05, 0) is 25.0 Å². The lowest BCUT2D eigenvalue weighted by Gasteiger charge is -2.15. The van der Waals surface area contributed by atoms with E-state index in [0.29, 0.717) is 0 Å². The van der Waals surface area contributed by atoms with E-state index in [1.807, 2.05) is 25.1 Å². The summed E-state index contributed by atoms with van der Waals surface area (Å²) in [5.41, 5.74) is 4.89. The zero-order valence-electron chi connectivity index (χ0n) is 7.83. The number of aryl methyl sites for hydroxylation is 1. The Bertz CT molecular complexity index is 283. The summed E-state index contributed by atoms with van der Waals surface area (Å²) in [6, 6.07) is 4.05. The van der Waals surface area contributed by atoms with E-state index in [-0.39, 0.29) is 6.04 Å². The third-order valence-corrected chi connectivity index (χ3v) is 2.03. The molecule has 0 aliphatic carbocycles. The van der Waals surface area contributed by atoms with Crippen molar-refractivity contribution in [2.24, 2.45) is 5.84 Å². The second kappa shape index (κ2) is 4.74. The Morgan fingerprint density at radius 2 is 2.54 bits per heavy atom. The second-order valence-corrected chi connectivity index (χ2v) is 2.92. The van der Waals surface area contributed by atoms with Gasteiger partial charge in [-0.3, -0.25) is 16.3 Å². The Morgan fingerprint density at radius 1 is 1.77 bits per heavy atom. The Kier molecular flexibility index (Phi) is 3.61. The number of nitrogens with one attached hydrogen (secondary N) is 1. The number of nitrogens with zero attached hydrogens (tertiary/aromatic N) is 1. The van der Waals surface area contributed by atoms with E-state index < -0.39 is 0 Å². The van der Waals surface area contributed by atoms with Crippen molar-refractivity contribution in [1.82, 2.24) is 10.4 Å². The average Bonchev–Trinajstić information content (AvgIpc) is 2.16. The molecular weight excluding hydrogens is 162 g/mol. The number of hydrazine groups is 1. The number of hydrogen-bond donors (Lipinski definition) is 2. The molecular formula is C10H15N3. The lowest BCUT2D eigenvalue weighted by molar-refractivity contribution is 0.556. The minimum atomic E-state index is 0.117. The van der Waals surface area contributed by atoms with Crippen molar-refractivity contribution in [2.45, 2.75) is 19.4 Å². The Labute approximate surface area is 78.6 Å². The van der Waals surface area contributed by atoms with Gasteiger partial charge in [0.15, 0.2) is 0 Å². The monoisotopic (exact) mass is 177 g/mol. The first-order valence-corrected chi connectivity index (χ1v) is 4.28. The van der Waals surface area contributed by atoms with Crippen molar-refractivity contribution in [3.05, 3.63) is 42.2 Å². The minimum absolute atomic E-state index is 0.117. The molecule has 3 nitrogen and oxygen atoms in total. The minimum Gasteiger partial charge on any atom is -0.271 e. The molecule has 13 heavy (non-hydrogen) atoms. The Hall–Kier alpha value is -1.19. The first kappa shape index (κ1) is 9.89. The molecule has 1 atom stereocenters. The van der Waals surface area contributed by atoms with Crippen LogP contribution in [0.1, 0.15) is 23.7 Å². The second-order valence-electron chi connectivity index (χ2n) is 2.92. The van der Waals surface area contributed by atoms with E-state index in [1.54, 1.807) is 6.20 Å². The molecule has 0 aliphatic rings. The van der Waals surface area contributed by atoms with Crippen molar-refractivity contribution in [3.63, 3.8) is 0 Å². The molecule has 0 saturated carbocycles. The maximum atomic E-state index is 5.43. The van der Waals surface area contributed by atoms with Gasteiger partial charge in [-0.25, -0.2) is 0 Å². The summed E-state index contributed by atoms with van der Waals surface area (Å²) in [6.07, 6.45) is 4.43. The van der Waals surface area contributed by atoms with Crippen molar-refractivity contribution < 1.29 is 0 Å². The SMILES string of the molecule is C=CCC(NN)c1cccnc1C. The molecule has 1 heterocycles. The van der Waals surface area contributed by atoms with Crippen molar-refractivity contribution in [1.29, 1.82) is 0 Å². The van der Waals surface area contributed by atoms with Crippen LogP contribution in [0.25, 0.3) is 0 Å². The number of pyridine rings is 1. The van der Waals surface area contributed by atoms with Gasteiger partial charge in [-0.1, -0.05) is 12.1 Å².